The summed E-state index contributed by atoms with van der Waals surface area (Å²) in [6.07, 6.45) is 8.28. The van der Waals surface area contributed by atoms with Crippen LogP contribution in [-0.2, 0) is 4.79 Å². The molecule has 0 aromatic heterocycles. The van der Waals surface area contributed by atoms with Crippen molar-refractivity contribution < 1.29 is 24.0 Å². The zero-order chi connectivity index (χ0) is 21.8. The van der Waals surface area contributed by atoms with E-state index in [9.17, 15) is 19.7 Å². The normalized spacial score (nSPS) is 10.4. The number of nitrogens with zero attached hydrogens (tertiary/aromatic N) is 1. The van der Waals surface area contributed by atoms with Crippen LogP contribution in [0, 0.1) is 10.1 Å². The molecule has 2 aromatic carbocycles. The maximum absolute atomic E-state index is 12.2. The number of esters is 2. The van der Waals surface area contributed by atoms with Crippen molar-refractivity contribution in [1.29, 1.82) is 0 Å². The van der Waals surface area contributed by atoms with Crippen LogP contribution in [0.2, 0.25) is 0 Å². The largest absolute Gasteiger partial charge is 0.427 e. The summed E-state index contributed by atoms with van der Waals surface area (Å²) in [7, 11) is 0. The molecule has 30 heavy (non-hydrogen) atoms. The molecule has 0 saturated heterocycles. The third-order valence-corrected chi connectivity index (χ3v) is 4.56. The molecule has 0 radical (unpaired) electrons. The fraction of sp³-hybridized carbons (Fsp3) is 0.391. The molecule has 0 aliphatic heterocycles. The van der Waals surface area contributed by atoms with Crippen LogP contribution < -0.4 is 9.47 Å². The summed E-state index contributed by atoms with van der Waals surface area (Å²) < 4.78 is 10.5. The quantitative estimate of drug-likeness (QED) is 0.142. The predicted octanol–water partition coefficient (Wildman–Crippen LogP) is 5.86. The first-order chi connectivity index (χ1) is 14.5. The van der Waals surface area contributed by atoms with E-state index < -0.39 is 10.9 Å². The van der Waals surface area contributed by atoms with Crippen LogP contribution in [0.25, 0.3) is 0 Å². The van der Waals surface area contributed by atoms with Crippen molar-refractivity contribution in [3.8, 4) is 11.5 Å². The lowest BCUT2D eigenvalue weighted by molar-refractivity contribution is -0.384. The van der Waals surface area contributed by atoms with Gasteiger partial charge in [-0.1, -0.05) is 45.4 Å². The lowest BCUT2D eigenvalue weighted by Crippen LogP contribution is -2.10. The highest BCUT2D eigenvalue weighted by atomic mass is 16.6. The fourth-order valence-electron chi connectivity index (χ4n) is 2.87. The number of rotatable bonds is 12. The van der Waals surface area contributed by atoms with Crippen molar-refractivity contribution in [2.24, 2.45) is 0 Å². The van der Waals surface area contributed by atoms with Crippen molar-refractivity contribution >= 4 is 17.6 Å². The summed E-state index contributed by atoms with van der Waals surface area (Å²) in [5.41, 5.74) is 0.192. The molecule has 0 unspecified atom stereocenters. The SMILES string of the molecule is CCCCCCCCCC(=O)Oc1ccc(C(=O)Oc2ccc([N+](=O)[O-])cc2)cc1. The average molecular weight is 413 g/mol. The maximum Gasteiger partial charge on any atom is 0.343 e. The smallest absolute Gasteiger partial charge is 0.343 e. The second kappa shape index (κ2) is 12.4. The van der Waals surface area contributed by atoms with Crippen LogP contribution in [0.1, 0.15) is 68.6 Å². The Balaban J connectivity index is 1.75. The molecule has 0 atom stereocenters. The summed E-state index contributed by atoms with van der Waals surface area (Å²) in [6, 6.07) is 11.3. The lowest BCUT2D eigenvalue weighted by atomic mass is 10.1. The zero-order valence-electron chi connectivity index (χ0n) is 17.2. The van der Waals surface area contributed by atoms with E-state index in [0.717, 1.165) is 19.3 Å². The number of hydrogen-bond donors (Lipinski definition) is 0. The van der Waals surface area contributed by atoms with E-state index in [0.29, 0.717) is 12.2 Å². The number of carbonyl (C=O) groups is 2. The van der Waals surface area contributed by atoms with Gasteiger partial charge in [0.25, 0.3) is 5.69 Å². The Kier molecular flexibility index (Phi) is 9.51. The number of benzene rings is 2. The minimum absolute atomic E-state index is 0.0857. The highest BCUT2D eigenvalue weighted by Gasteiger charge is 2.12. The second-order valence-electron chi connectivity index (χ2n) is 7.01. The van der Waals surface area contributed by atoms with Gasteiger partial charge < -0.3 is 9.47 Å². The number of carbonyl (C=O) groups excluding carboxylic acids is 2. The van der Waals surface area contributed by atoms with Gasteiger partial charge >= 0.3 is 11.9 Å². The number of nitro groups is 1. The first-order valence-corrected chi connectivity index (χ1v) is 10.3. The molecule has 0 amide bonds. The molecule has 0 aliphatic carbocycles. The van der Waals surface area contributed by atoms with Crippen LogP contribution in [0.15, 0.2) is 48.5 Å². The van der Waals surface area contributed by atoms with Crippen LogP contribution in [0.5, 0.6) is 11.5 Å². The number of hydrogen-bond acceptors (Lipinski definition) is 6. The van der Waals surface area contributed by atoms with Crippen LogP contribution in [0.4, 0.5) is 5.69 Å². The van der Waals surface area contributed by atoms with E-state index >= 15 is 0 Å². The van der Waals surface area contributed by atoms with Gasteiger partial charge in [0, 0.05) is 18.6 Å². The molecule has 0 bridgehead atoms. The molecule has 0 fully saturated rings. The van der Waals surface area contributed by atoms with Gasteiger partial charge in [-0.25, -0.2) is 4.79 Å². The second-order valence-corrected chi connectivity index (χ2v) is 7.01. The summed E-state index contributed by atoms with van der Waals surface area (Å²) in [4.78, 5) is 34.2. The summed E-state index contributed by atoms with van der Waals surface area (Å²) in [6.45, 7) is 2.18. The van der Waals surface area contributed by atoms with E-state index in [1.807, 2.05) is 0 Å². The fourth-order valence-corrected chi connectivity index (χ4v) is 2.87. The molecule has 0 N–H and O–H groups in total. The van der Waals surface area contributed by atoms with E-state index in [4.69, 9.17) is 9.47 Å². The third-order valence-electron chi connectivity index (χ3n) is 4.56. The summed E-state index contributed by atoms with van der Waals surface area (Å²) >= 11 is 0. The summed E-state index contributed by atoms with van der Waals surface area (Å²) in [5, 5.41) is 10.6. The van der Waals surface area contributed by atoms with Gasteiger partial charge in [-0.2, -0.15) is 0 Å². The van der Waals surface area contributed by atoms with Gasteiger partial charge in [0.1, 0.15) is 11.5 Å². The Labute approximate surface area is 176 Å². The third kappa shape index (κ3) is 8.03. The Morgan fingerprint density at radius 1 is 0.800 bits per heavy atom. The summed E-state index contributed by atoms with van der Waals surface area (Å²) in [5.74, 6) is -0.319. The Bertz CT molecular complexity index is 830. The minimum Gasteiger partial charge on any atom is -0.427 e. The van der Waals surface area contributed by atoms with Crippen molar-refractivity contribution in [3.63, 3.8) is 0 Å². The van der Waals surface area contributed by atoms with E-state index in [2.05, 4.69) is 6.92 Å². The molecular formula is C23H27NO6. The van der Waals surface area contributed by atoms with Crippen molar-refractivity contribution in [2.45, 2.75) is 58.3 Å². The molecule has 2 rings (SSSR count). The van der Waals surface area contributed by atoms with Crippen molar-refractivity contribution in [2.75, 3.05) is 0 Å². The Morgan fingerprint density at radius 3 is 1.93 bits per heavy atom. The molecule has 0 heterocycles. The van der Waals surface area contributed by atoms with Gasteiger partial charge in [-0.15, -0.1) is 0 Å². The number of non-ortho nitro benzene ring substituents is 1. The van der Waals surface area contributed by atoms with Crippen molar-refractivity contribution in [1.82, 2.24) is 0 Å². The number of unbranched alkanes of at least 4 members (excludes halogenated alkanes) is 6. The molecule has 0 saturated carbocycles. The number of nitro benzene ring substituents is 1. The molecule has 7 heteroatoms. The molecule has 0 aliphatic rings. The first kappa shape index (κ1) is 23.1. The van der Waals surface area contributed by atoms with E-state index in [1.54, 1.807) is 0 Å². The Morgan fingerprint density at radius 2 is 1.33 bits per heavy atom. The lowest BCUT2D eigenvalue weighted by Gasteiger charge is -2.07. The van der Waals surface area contributed by atoms with Gasteiger partial charge in [0.15, 0.2) is 0 Å². The Hall–Kier alpha value is -3.22. The van der Waals surface area contributed by atoms with Crippen LogP contribution in [-0.4, -0.2) is 16.9 Å². The molecular weight excluding hydrogens is 386 g/mol. The first-order valence-electron chi connectivity index (χ1n) is 10.3. The van der Waals surface area contributed by atoms with Crippen molar-refractivity contribution in [3.05, 3.63) is 64.2 Å². The standard InChI is InChI=1S/C23H27NO6/c1-2-3-4-5-6-7-8-9-22(25)29-20-14-10-18(11-15-20)23(26)30-21-16-12-19(13-17-21)24(27)28/h10-17H,2-9H2,1H3. The van der Waals surface area contributed by atoms with Crippen LogP contribution in [0.3, 0.4) is 0 Å². The zero-order valence-corrected chi connectivity index (χ0v) is 17.2. The monoisotopic (exact) mass is 413 g/mol. The molecule has 0 spiro atoms. The highest BCUT2D eigenvalue weighted by Crippen LogP contribution is 2.20. The van der Waals surface area contributed by atoms with Crippen LogP contribution >= 0.6 is 0 Å². The maximum atomic E-state index is 12.2. The molecule has 7 nitrogen and oxygen atoms in total. The molecule has 160 valence electrons. The highest BCUT2D eigenvalue weighted by molar-refractivity contribution is 5.91. The van der Waals surface area contributed by atoms with E-state index in [-0.39, 0.29) is 23.0 Å². The minimum atomic E-state index is -0.607. The average Bonchev–Trinajstić information content (AvgIpc) is 2.74. The number of ether oxygens (including phenoxy) is 2. The van der Waals surface area contributed by atoms with E-state index in [1.165, 1.54) is 74.2 Å². The van der Waals surface area contributed by atoms with Gasteiger partial charge in [0.2, 0.25) is 0 Å². The van der Waals surface area contributed by atoms with Gasteiger partial charge in [-0.3, -0.25) is 14.9 Å². The topological polar surface area (TPSA) is 95.7 Å². The van der Waals surface area contributed by atoms with Gasteiger partial charge in [-0.05, 0) is 42.8 Å². The predicted molar refractivity (Wildman–Crippen MR) is 113 cm³/mol. The van der Waals surface area contributed by atoms with Gasteiger partial charge in [0.05, 0.1) is 10.5 Å². The molecule has 2 aromatic rings.